The van der Waals surface area contributed by atoms with Crippen LogP contribution in [0.5, 0.6) is 0 Å². The third kappa shape index (κ3) is 0.817. The third-order valence-electron chi connectivity index (χ3n) is 3.58. The summed E-state index contributed by atoms with van der Waals surface area (Å²) in [4.78, 5) is 0. The molecular formula is C11H16. The summed E-state index contributed by atoms with van der Waals surface area (Å²) in [7, 11) is 0. The largest absolute Gasteiger partial charge is 0.103 e. The first-order valence-electron chi connectivity index (χ1n) is 4.62. The predicted octanol–water partition coefficient (Wildman–Crippen LogP) is 3.16. The smallest absolute Gasteiger partial charge is 0.00523 e. The summed E-state index contributed by atoms with van der Waals surface area (Å²) in [5.74, 6) is 1.64. The van der Waals surface area contributed by atoms with Gasteiger partial charge in [0.2, 0.25) is 0 Å². The van der Waals surface area contributed by atoms with Crippen LogP contribution in [-0.2, 0) is 0 Å². The lowest BCUT2D eigenvalue weighted by Gasteiger charge is -2.28. The van der Waals surface area contributed by atoms with Crippen molar-refractivity contribution >= 4 is 0 Å². The van der Waals surface area contributed by atoms with Gasteiger partial charge in [0.15, 0.2) is 0 Å². The van der Waals surface area contributed by atoms with E-state index in [-0.39, 0.29) is 0 Å². The maximum Gasteiger partial charge on any atom is -0.00523 e. The second-order valence-corrected chi connectivity index (χ2v) is 3.99. The van der Waals surface area contributed by atoms with E-state index in [9.17, 15) is 0 Å². The molecule has 0 amide bonds. The minimum absolute atomic E-state index is 0.520. The lowest BCUT2D eigenvalue weighted by molar-refractivity contribution is 0.317. The van der Waals surface area contributed by atoms with Crippen LogP contribution in [-0.4, -0.2) is 0 Å². The van der Waals surface area contributed by atoms with Crippen LogP contribution in [0.2, 0.25) is 0 Å². The van der Waals surface area contributed by atoms with Crippen molar-refractivity contribution in [1.82, 2.24) is 0 Å². The maximum absolute atomic E-state index is 3.92. The molecule has 0 aliphatic heterocycles. The SMILES string of the molecule is C=CC1CC2C=CC1(CC)C2. The summed E-state index contributed by atoms with van der Waals surface area (Å²) in [6.07, 6.45) is 11.0. The fraction of sp³-hybridized carbons (Fsp3) is 0.636. The zero-order valence-electron chi connectivity index (χ0n) is 7.22. The van der Waals surface area contributed by atoms with Crippen LogP contribution in [0.4, 0.5) is 0 Å². The van der Waals surface area contributed by atoms with E-state index in [2.05, 4.69) is 31.7 Å². The Morgan fingerprint density at radius 2 is 2.55 bits per heavy atom. The second kappa shape index (κ2) is 2.23. The Labute approximate surface area is 69.0 Å². The van der Waals surface area contributed by atoms with E-state index < -0.39 is 0 Å². The van der Waals surface area contributed by atoms with Crippen molar-refractivity contribution in [2.75, 3.05) is 0 Å². The fourth-order valence-electron chi connectivity index (χ4n) is 2.81. The summed E-state index contributed by atoms with van der Waals surface area (Å²) < 4.78 is 0. The highest BCUT2D eigenvalue weighted by Gasteiger charge is 2.45. The molecule has 0 aromatic carbocycles. The molecule has 0 nitrogen and oxygen atoms in total. The van der Waals surface area contributed by atoms with Crippen molar-refractivity contribution in [2.45, 2.75) is 26.2 Å². The Hall–Kier alpha value is -0.520. The van der Waals surface area contributed by atoms with Gasteiger partial charge in [-0.15, -0.1) is 6.58 Å². The van der Waals surface area contributed by atoms with E-state index in [1.54, 1.807) is 0 Å². The van der Waals surface area contributed by atoms with Crippen molar-refractivity contribution in [3.05, 3.63) is 24.8 Å². The highest BCUT2D eigenvalue weighted by Crippen LogP contribution is 2.55. The first-order valence-corrected chi connectivity index (χ1v) is 4.62. The number of hydrogen-bond acceptors (Lipinski definition) is 0. The zero-order chi connectivity index (χ0) is 7.90. The van der Waals surface area contributed by atoms with E-state index >= 15 is 0 Å². The monoisotopic (exact) mass is 148 g/mol. The molecule has 2 bridgehead atoms. The van der Waals surface area contributed by atoms with Gasteiger partial charge < -0.3 is 0 Å². The van der Waals surface area contributed by atoms with Crippen molar-refractivity contribution in [3.8, 4) is 0 Å². The quantitative estimate of drug-likeness (QED) is 0.528. The van der Waals surface area contributed by atoms with Crippen molar-refractivity contribution < 1.29 is 0 Å². The fourth-order valence-corrected chi connectivity index (χ4v) is 2.81. The lowest BCUT2D eigenvalue weighted by Crippen LogP contribution is -2.19. The minimum atomic E-state index is 0.520. The molecule has 0 saturated heterocycles. The van der Waals surface area contributed by atoms with E-state index in [1.807, 2.05) is 0 Å². The molecule has 2 rings (SSSR count). The van der Waals surface area contributed by atoms with E-state index in [4.69, 9.17) is 0 Å². The van der Waals surface area contributed by atoms with Gasteiger partial charge in [-0.3, -0.25) is 0 Å². The van der Waals surface area contributed by atoms with Crippen LogP contribution >= 0.6 is 0 Å². The zero-order valence-corrected chi connectivity index (χ0v) is 7.22. The molecule has 2 aliphatic carbocycles. The molecule has 0 spiro atoms. The van der Waals surface area contributed by atoms with Gasteiger partial charge in [-0.1, -0.05) is 25.2 Å². The highest BCUT2D eigenvalue weighted by molar-refractivity contribution is 5.21. The van der Waals surface area contributed by atoms with Gasteiger partial charge in [0.05, 0.1) is 0 Å². The van der Waals surface area contributed by atoms with Gasteiger partial charge >= 0.3 is 0 Å². The van der Waals surface area contributed by atoms with Crippen LogP contribution in [0.15, 0.2) is 24.8 Å². The van der Waals surface area contributed by atoms with Gasteiger partial charge in [-0.05, 0) is 36.5 Å². The molecule has 0 aromatic rings. The van der Waals surface area contributed by atoms with Gasteiger partial charge in [-0.25, -0.2) is 0 Å². The first-order chi connectivity index (χ1) is 5.30. The van der Waals surface area contributed by atoms with E-state index in [0.717, 1.165) is 11.8 Å². The Morgan fingerprint density at radius 3 is 3.00 bits per heavy atom. The van der Waals surface area contributed by atoms with Crippen LogP contribution in [0.1, 0.15) is 26.2 Å². The second-order valence-electron chi connectivity index (χ2n) is 3.99. The van der Waals surface area contributed by atoms with Gasteiger partial charge in [0.25, 0.3) is 0 Å². The van der Waals surface area contributed by atoms with Crippen LogP contribution in [0.3, 0.4) is 0 Å². The molecule has 0 N–H and O–H groups in total. The molecule has 0 heteroatoms. The normalized spacial score (nSPS) is 46.6. The Kier molecular flexibility index (Phi) is 1.45. The summed E-state index contributed by atoms with van der Waals surface area (Å²) in [5, 5.41) is 0. The summed E-state index contributed by atoms with van der Waals surface area (Å²) in [6, 6.07) is 0. The van der Waals surface area contributed by atoms with E-state index in [1.165, 1.54) is 19.3 Å². The molecule has 3 unspecified atom stereocenters. The van der Waals surface area contributed by atoms with Gasteiger partial charge in [0, 0.05) is 0 Å². The molecule has 2 aliphatic rings. The molecule has 11 heavy (non-hydrogen) atoms. The topological polar surface area (TPSA) is 0 Å². The molecule has 0 aromatic heterocycles. The predicted molar refractivity (Wildman–Crippen MR) is 48.3 cm³/mol. The third-order valence-corrected chi connectivity index (χ3v) is 3.58. The minimum Gasteiger partial charge on any atom is -0.103 e. The summed E-state index contributed by atoms with van der Waals surface area (Å²) in [5.41, 5.74) is 0.520. The van der Waals surface area contributed by atoms with Crippen molar-refractivity contribution in [2.24, 2.45) is 17.3 Å². The van der Waals surface area contributed by atoms with Crippen molar-refractivity contribution in [1.29, 1.82) is 0 Å². The van der Waals surface area contributed by atoms with Crippen molar-refractivity contribution in [3.63, 3.8) is 0 Å². The Balaban J connectivity index is 2.29. The molecule has 3 atom stereocenters. The van der Waals surface area contributed by atoms with Gasteiger partial charge in [0.1, 0.15) is 0 Å². The number of fused-ring (bicyclic) bond motifs is 2. The average Bonchev–Trinajstić information content (AvgIpc) is 2.60. The summed E-state index contributed by atoms with van der Waals surface area (Å²) >= 11 is 0. The molecule has 60 valence electrons. The lowest BCUT2D eigenvalue weighted by atomic mass is 9.76. The van der Waals surface area contributed by atoms with Crippen LogP contribution in [0, 0.1) is 17.3 Å². The van der Waals surface area contributed by atoms with Gasteiger partial charge in [-0.2, -0.15) is 0 Å². The maximum atomic E-state index is 3.92. The number of allylic oxidation sites excluding steroid dienone is 3. The molecular weight excluding hydrogens is 132 g/mol. The highest BCUT2D eigenvalue weighted by atomic mass is 14.5. The van der Waals surface area contributed by atoms with E-state index in [0.29, 0.717) is 5.41 Å². The number of rotatable bonds is 2. The average molecular weight is 148 g/mol. The standard InChI is InChI=1S/C11H16/c1-3-10-7-9-5-6-11(10,4-2)8-9/h3,5-6,9-10H,1,4,7-8H2,2H3. The summed E-state index contributed by atoms with van der Waals surface area (Å²) in [6.45, 7) is 6.22. The van der Waals surface area contributed by atoms with Crippen LogP contribution < -0.4 is 0 Å². The number of hydrogen-bond donors (Lipinski definition) is 0. The molecule has 0 heterocycles. The molecule has 1 saturated carbocycles. The Bertz CT molecular complexity index is 202. The van der Waals surface area contributed by atoms with Crippen LogP contribution in [0.25, 0.3) is 0 Å². The molecule has 0 radical (unpaired) electrons. The Morgan fingerprint density at radius 1 is 1.73 bits per heavy atom. The first kappa shape index (κ1) is 7.15. The molecule has 1 fully saturated rings.